The number of aryl methyl sites for hydroxylation is 1. The third-order valence-electron chi connectivity index (χ3n) is 2.49. The van der Waals surface area contributed by atoms with Gasteiger partial charge in [-0.2, -0.15) is 0 Å². The van der Waals surface area contributed by atoms with E-state index in [9.17, 15) is 0 Å². The molecule has 1 heterocycles. The molecule has 3 heteroatoms. The lowest BCUT2D eigenvalue weighted by Gasteiger charge is -1.98. The maximum atomic E-state index is 5.69. The van der Waals surface area contributed by atoms with Crippen molar-refractivity contribution in [2.24, 2.45) is 0 Å². The Morgan fingerprint density at radius 1 is 1.40 bits per heavy atom. The van der Waals surface area contributed by atoms with Gasteiger partial charge in [0.05, 0.1) is 0 Å². The molecule has 0 bridgehead atoms. The molecular weight excluding hydrogens is 367 g/mol. The van der Waals surface area contributed by atoms with E-state index in [1.165, 1.54) is 27.4 Å². The van der Waals surface area contributed by atoms with Crippen LogP contribution in [0.1, 0.15) is 25.3 Å². The lowest BCUT2D eigenvalue weighted by molar-refractivity contribution is 0.579. The Bertz CT molecular complexity index is 476. The summed E-state index contributed by atoms with van der Waals surface area (Å²) in [6, 6.07) is 6.18. The van der Waals surface area contributed by atoms with Gasteiger partial charge in [0.2, 0.25) is 0 Å². The first-order valence-corrected chi connectivity index (χ1v) is 6.96. The molecular formula is C12H12BrIO. The average Bonchev–Trinajstić information content (AvgIpc) is 2.53. The SMILES string of the molecule is CCCCc1c(Br)oc2cccc(I)c12. The second kappa shape index (κ2) is 4.87. The van der Waals surface area contributed by atoms with Crippen molar-refractivity contribution in [2.75, 3.05) is 0 Å². The fourth-order valence-electron chi connectivity index (χ4n) is 1.72. The minimum atomic E-state index is 0.898. The second-order valence-electron chi connectivity index (χ2n) is 3.57. The molecule has 0 aliphatic heterocycles. The molecule has 0 radical (unpaired) electrons. The Kier molecular flexibility index (Phi) is 3.72. The molecule has 0 saturated heterocycles. The van der Waals surface area contributed by atoms with Crippen molar-refractivity contribution in [3.8, 4) is 0 Å². The van der Waals surface area contributed by atoms with E-state index in [2.05, 4.69) is 51.5 Å². The molecule has 0 spiro atoms. The summed E-state index contributed by atoms with van der Waals surface area (Å²) < 4.78 is 7.86. The Morgan fingerprint density at radius 3 is 2.93 bits per heavy atom. The highest BCUT2D eigenvalue weighted by molar-refractivity contribution is 14.1. The Balaban J connectivity index is 2.55. The third-order valence-corrected chi connectivity index (χ3v) is 4.03. The molecule has 0 saturated carbocycles. The first-order chi connectivity index (χ1) is 7.24. The van der Waals surface area contributed by atoms with Gasteiger partial charge in [-0.05, 0) is 63.5 Å². The van der Waals surface area contributed by atoms with Crippen molar-refractivity contribution in [1.29, 1.82) is 0 Å². The smallest absolute Gasteiger partial charge is 0.173 e. The zero-order valence-corrected chi connectivity index (χ0v) is 12.3. The van der Waals surface area contributed by atoms with E-state index in [0.717, 1.165) is 16.7 Å². The van der Waals surface area contributed by atoms with Crippen molar-refractivity contribution >= 4 is 49.5 Å². The summed E-state index contributed by atoms with van der Waals surface area (Å²) in [5.74, 6) is 0. The van der Waals surface area contributed by atoms with Crippen LogP contribution in [-0.2, 0) is 6.42 Å². The zero-order valence-electron chi connectivity index (χ0n) is 8.52. The van der Waals surface area contributed by atoms with E-state index >= 15 is 0 Å². The largest absolute Gasteiger partial charge is 0.449 e. The van der Waals surface area contributed by atoms with Gasteiger partial charge in [-0.1, -0.05) is 19.4 Å². The summed E-state index contributed by atoms with van der Waals surface area (Å²) in [7, 11) is 0. The first-order valence-electron chi connectivity index (χ1n) is 5.09. The van der Waals surface area contributed by atoms with Gasteiger partial charge < -0.3 is 4.42 Å². The molecule has 1 aromatic heterocycles. The monoisotopic (exact) mass is 378 g/mol. The number of benzene rings is 1. The molecule has 0 amide bonds. The average molecular weight is 379 g/mol. The van der Waals surface area contributed by atoms with Gasteiger partial charge in [0, 0.05) is 14.5 Å². The number of furan rings is 1. The Labute approximate surface area is 111 Å². The van der Waals surface area contributed by atoms with Crippen molar-refractivity contribution < 1.29 is 4.42 Å². The van der Waals surface area contributed by atoms with E-state index in [-0.39, 0.29) is 0 Å². The van der Waals surface area contributed by atoms with Crippen LogP contribution in [0.25, 0.3) is 11.0 Å². The zero-order chi connectivity index (χ0) is 10.8. The van der Waals surface area contributed by atoms with Gasteiger partial charge >= 0.3 is 0 Å². The van der Waals surface area contributed by atoms with Crippen molar-refractivity contribution in [2.45, 2.75) is 26.2 Å². The topological polar surface area (TPSA) is 13.1 Å². The summed E-state index contributed by atoms with van der Waals surface area (Å²) >= 11 is 5.87. The summed E-state index contributed by atoms with van der Waals surface area (Å²) in [6.07, 6.45) is 3.50. The number of hydrogen-bond donors (Lipinski definition) is 0. The Hall–Kier alpha value is -0.0300. The van der Waals surface area contributed by atoms with Crippen LogP contribution in [0.3, 0.4) is 0 Å². The van der Waals surface area contributed by atoms with Crippen LogP contribution in [0.4, 0.5) is 0 Å². The molecule has 0 N–H and O–H groups in total. The van der Waals surface area contributed by atoms with Gasteiger partial charge in [0.25, 0.3) is 0 Å². The van der Waals surface area contributed by atoms with Gasteiger partial charge in [-0.25, -0.2) is 0 Å². The predicted octanol–water partition coefficient (Wildman–Crippen LogP) is 5.14. The maximum Gasteiger partial charge on any atom is 0.173 e. The molecule has 1 nitrogen and oxygen atoms in total. The van der Waals surface area contributed by atoms with Crippen LogP contribution >= 0.6 is 38.5 Å². The van der Waals surface area contributed by atoms with E-state index in [1.54, 1.807) is 0 Å². The van der Waals surface area contributed by atoms with Crippen LogP contribution in [-0.4, -0.2) is 0 Å². The summed E-state index contributed by atoms with van der Waals surface area (Å²) in [6.45, 7) is 2.21. The van der Waals surface area contributed by atoms with Gasteiger partial charge in [0.15, 0.2) is 4.67 Å². The van der Waals surface area contributed by atoms with Crippen molar-refractivity contribution in [3.63, 3.8) is 0 Å². The molecule has 15 heavy (non-hydrogen) atoms. The van der Waals surface area contributed by atoms with E-state index < -0.39 is 0 Å². The molecule has 2 rings (SSSR count). The predicted molar refractivity (Wildman–Crippen MR) is 75.2 cm³/mol. The number of unbranched alkanes of at least 4 members (excludes halogenated alkanes) is 1. The maximum absolute atomic E-state index is 5.69. The number of hydrogen-bond acceptors (Lipinski definition) is 1. The third kappa shape index (κ3) is 2.23. The van der Waals surface area contributed by atoms with Crippen LogP contribution in [0.15, 0.2) is 27.3 Å². The lowest BCUT2D eigenvalue weighted by atomic mass is 10.1. The van der Waals surface area contributed by atoms with E-state index in [0.29, 0.717) is 0 Å². The number of rotatable bonds is 3. The van der Waals surface area contributed by atoms with E-state index in [4.69, 9.17) is 4.42 Å². The van der Waals surface area contributed by atoms with Gasteiger partial charge in [-0.15, -0.1) is 0 Å². The second-order valence-corrected chi connectivity index (χ2v) is 5.45. The first kappa shape index (κ1) is 11.5. The minimum Gasteiger partial charge on any atom is -0.449 e. The molecule has 0 unspecified atom stereocenters. The fraction of sp³-hybridized carbons (Fsp3) is 0.333. The van der Waals surface area contributed by atoms with Crippen molar-refractivity contribution in [1.82, 2.24) is 0 Å². The quantitative estimate of drug-likeness (QED) is 0.673. The van der Waals surface area contributed by atoms with Gasteiger partial charge in [0.1, 0.15) is 5.58 Å². The summed E-state index contributed by atoms with van der Waals surface area (Å²) in [5, 5.41) is 1.28. The summed E-state index contributed by atoms with van der Waals surface area (Å²) in [4.78, 5) is 0. The molecule has 0 aliphatic carbocycles. The molecule has 0 fully saturated rings. The lowest BCUT2D eigenvalue weighted by Crippen LogP contribution is -1.85. The van der Waals surface area contributed by atoms with Crippen LogP contribution in [0, 0.1) is 3.57 Å². The molecule has 80 valence electrons. The molecule has 2 aromatic rings. The van der Waals surface area contributed by atoms with E-state index in [1.807, 2.05) is 12.1 Å². The summed E-state index contributed by atoms with van der Waals surface area (Å²) in [5.41, 5.74) is 2.30. The molecule has 1 aromatic carbocycles. The molecule has 0 atom stereocenters. The normalized spacial score (nSPS) is 11.1. The van der Waals surface area contributed by atoms with Crippen molar-refractivity contribution in [3.05, 3.63) is 32.0 Å². The van der Waals surface area contributed by atoms with Crippen LogP contribution in [0.2, 0.25) is 0 Å². The van der Waals surface area contributed by atoms with Gasteiger partial charge in [-0.3, -0.25) is 0 Å². The highest BCUT2D eigenvalue weighted by Crippen LogP contribution is 2.34. The van der Waals surface area contributed by atoms with Crippen LogP contribution < -0.4 is 0 Å². The van der Waals surface area contributed by atoms with Crippen LogP contribution in [0.5, 0.6) is 0 Å². The fourth-order valence-corrected chi connectivity index (χ4v) is 3.09. The highest BCUT2D eigenvalue weighted by Gasteiger charge is 2.13. The number of fused-ring (bicyclic) bond motifs is 1. The Morgan fingerprint density at radius 2 is 2.20 bits per heavy atom. The minimum absolute atomic E-state index is 0.898. The number of halogens is 2. The molecule has 0 aliphatic rings. The standard InChI is InChI=1S/C12H12BrIO/c1-2-3-5-8-11-9(14)6-4-7-10(11)15-12(8)13/h4,6-7H,2-3,5H2,1H3. The highest BCUT2D eigenvalue weighted by atomic mass is 127.